The second-order valence-electron chi connectivity index (χ2n) is 5.85. The molecule has 1 aliphatic rings. The topological polar surface area (TPSA) is 96.7 Å². The SMILES string of the molecule is O=C(CCNC(=O)c1ccco1)NCc1cccnc1N1CCOCC1. The van der Waals surface area contributed by atoms with Crippen LogP contribution in [0.1, 0.15) is 22.5 Å². The van der Waals surface area contributed by atoms with Gasteiger partial charge in [-0.3, -0.25) is 9.59 Å². The average Bonchev–Trinajstić information content (AvgIpc) is 3.22. The van der Waals surface area contributed by atoms with E-state index in [0.29, 0.717) is 19.8 Å². The number of hydrogen-bond acceptors (Lipinski definition) is 6. The first-order valence-electron chi connectivity index (χ1n) is 8.59. The van der Waals surface area contributed by atoms with Gasteiger partial charge in [0.2, 0.25) is 5.91 Å². The fraction of sp³-hybridized carbons (Fsp3) is 0.389. The number of carbonyl (C=O) groups is 2. The molecule has 3 rings (SSSR count). The molecule has 0 unspecified atom stereocenters. The first kappa shape index (κ1) is 17.9. The van der Waals surface area contributed by atoms with Gasteiger partial charge in [-0.25, -0.2) is 4.98 Å². The summed E-state index contributed by atoms with van der Waals surface area (Å²) in [5, 5.41) is 5.52. The van der Waals surface area contributed by atoms with Gasteiger partial charge in [0.15, 0.2) is 5.76 Å². The largest absolute Gasteiger partial charge is 0.459 e. The molecule has 0 aromatic carbocycles. The second kappa shape index (κ2) is 9.00. The summed E-state index contributed by atoms with van der Waals surface area (Å²) in [6.07, 6.45) is 3.38. The Bertz CT molecular complexity index is 727. The highest BCUT2D eigenvalue weighted by Crippen LogP contribution is 2.18. The number of pyridine rings is 1. The molecule has 1 aliphatic heterocycles. The summed E-state index contributed by atoms with van der Waals surface area (Å²) < 4.78 is 10.4. The summed E-state index contributed by atoms with van der Waals surface area (Å²) in [6, 6.07) is 7.03. The van der Waals surface area contributed by atoms with Crippen LogP contribution in [-0.4, -0.2) is 49.6 Å². The number of nitrogens with one attached hydrogen (secondary N) is 2. The zero-order valence-electron chi connectivity index (χ0n) is 14.4. The van der Waals surface area contributed by atoms with Crippen molar-refractivity contribution in [2.45, 2.75) is 13.0 Å². The van der Waals surface area contributed by atoms with Gasteiger partial charge >= 0.3 is 0 Å². The van der Waals surface area contributed by atoms with Gasteiger partial charge in [0.25, 0.3) is 5.91 Å². The number of amides is 2. The van der Waals surface area contributed by atoms with Crippen molar-refractivity contribution in [1.29, 1.82) is 0 Å². The second-order valence-corrected chi connectivity index (χ2v) is 5.85. The normalized spacial score (nSPS) is 14.1. The van der Waals surface area contributed by atoms with E-state index >= 15 is 0 Å². The van der Waals surface area contributed by atoms with Crippen LogP contribution in [0.5, 0.6) is 0 Å². The highest BCUT2D eigenvalue weighted by Gasteiger charge is 2.16. The van der Waals surface area contributed by atoms with Crippen LogP contribution >= 0.6 is 0 Å². The Balaban J connectivity index is 1.45. The predicted molar refractivity (Wildman–Crippen MR) is 94.8 cm³/mol. The number of carbonyl (C=O) groups excluding carboxylic acids is 2. The number of aromatic nitrogens is 1. The molecule has 26 heavy (non-hydrogen) atoms. The fourth-order valence-electron chi connectivity index (χ4n) is 2.69. The van der Waals surface area contributed by atoms with Crippen molar-refractivity contribution in [3.63, 3.8) is 0 Å². The zero-order chi connectivity index (χ0) is 18.2. The maximum absolute atomic E-state index is 12.0. The summed E-state index contributed by atoms with van der Waals surface area (Å²) in [4.78, 5) is 30.4. The Labute approximate surface area is 151 Å². The van der Waals surface area contributed by atoms with Crippen LogP contribution in [0.4, 0.5) is 5.82 Å². The molecule has 0 atom stereocenters. The number of rotatable bonds is 7. The molecule has 0 aliphatic carbocycles. The first-order chi connectivity index (χ1) is 12.7. The Morgan fingerprint density at radius 3 is 2.77 bits per heavy atom. The quantitative estimate of drug-likeness (QED) is 0.765. The number of anilines is 1. The molecule has 2 N–H and O–H groups in total. The molecule has 1 fully saturated rings. The van der Waals surface area contributed by atoms with E-state index in [1.807, 2.05) is 12.1 Å². The lowest BCUT2D eigenvalue weighted by atomic mass is 10.2. The molecule has 0 radical (unpaired) electrons. The molecule has 0 bridgehead atoms. The lowest BCUT2D eigenvalue weighted by Gasteiger charge is -2.29. The highest BCUT2D eigenvalue weighted by atomic mass is 16.5. The van der Waals surface area contributed by atoms with Gasteiger partial charge in [-0.15, -0.1) is 0 Å². The van der Waals surface area contributed by atoms with E-state index in [4.69, 9.17) is 9.15 Å². The molecule has 138 valence electrons. The molecular weight excluding hydrogens is 336 g/mol. The van der Waals surface area contributed by atoms with Crippen molar-refractivity contribution in [3.05, 3.63) is 48.0 Å². The zero-order valence-corrected chi connectivity index (χ0v) is 14.4. The summed E-state index contributed by atoms with van der Waals surface area (Å²) in [5.41, 5.74) is 0.961. The number of nitrogens with zero attached hydrogens (tertiary/aromatic N) is 2. The third-order valence-corrected chi connectivity index (χ3v) is 4.04. The molecule has 0 spiro atoms. The lowest BCUT2D eigenvalue weighted by Crippen LogP contribution is -2.38. The van der Waals surface area contributed by atoms with Crippen LogP contribution in [-0.2, 0) is 16.1 Å². The van der Waals surface area contributed by atoms with E-state index in [-0.39, 0.29) is 30.5 Å². The van der Waals surface area contributed by atoms with Crippen molar-refractivity contribution in [2.75, 3.05) is 37.7 Å². The Kier molecular flexibility index (Phi) is 6.21. The van der Waals surface area contributed by atoms with Gasteiger partial charge in [0.05, 0.1) is 19.5 Å². The molecule has 3 heterocycles. The van der Waals surface area contributed by atoms with Crippen molar-refractivity contribution >= 4 is 17.6 Å². The highest BCUT2D eigenvalue weighted by molar-refractivity contribution is 5.91. The van der Waals surface area contributed by atoms with E-state index < -0.39 is 0 Å². The van der Waals surface area contributed by atoms with Gasteiger partial charge in [-0.05, 0) is 18.2 Å². The van der Waals surface area contributed by atoms with Crippen molar-refractivity contribution in [2.24, 2.45) is 0 Å². The minimum atomic E-state index is -0.329. The van der Waals surface area contributed by atoms with Crippen LogP contribution < -0.4 is 15.5 Å². The Morgan fingerprint density at radius 1 is 1.15 bits per heavy atom. The van der Waals surface area contributed by atoms with Crippen molar-refractivity contribution < 1.29 is 18.7 Å². The average molecular weight is 358 g/mol. The molecule has 1 saturated heterocycles. The van der Waals surface area contributed by atoms with E-state index in [1.54, 1.807) is 18.3 Å². The maximum atomic E-state index is 12.0. The number of morpholine rings is 1. The molecule has 2 aromatic heterocycles. The van der Waals surface area contributed by atoms with Gasteiger partial charge in [0.1, 0.15) is 5.82 Å². The van der Waals surface area contributed by atoms with E-state index in [0.717, 1.165) is 24.5 Å². The number of furan rings is 1. The van der Waals surface area contributed by atoms with Crippen LogP contribution in [0.25, 0.3) is 0 Å². The van der Waals surface area contributed by atoms with Crippen LogP contribution in [0, 0.1) is 0 Å². The van der Waals surface area contributed by atoms with Gasteiger partial charge in [-0.2, -0.15) is 0 Å². The van der Waals surface area contributed by atoms with E-state index in [9.17, 15) is 9.59 Å². The fourth-order valence-corrected chi connectivity index (χ4v) is 2.69. The van der Waals surface area contributed by atoms with Crippen molar-refractivity contribution in [3.8, 4) is 0 Å². The first-order valence-corrected chi connectivity index (χ1v) is 8.59. The smallest absolute Gasteiger partial charge is 0.286 e. The lowest BCUT2D eigenvalue weighted by molar-refractivity contribution is -0.121. The number of hydrogen-bond donors (Lipinski definition) is 2. The third kappa shape index (κ3) is 4.82. The molecule has 2 aromatic rings. The molecule has 2 amide bonds. The number of ether oxygens (including phenoxy) is 1. The summed E-state index contributed by atoms with van der Waals surface area (Å²) in [6.45, 7) is 3.57. The third-order valence-electron chi connectivity index (χ3n) is 4.04. The molecule has 8 heteroatoms. The summed E-state index contributed by atoms with van der Waals surface area (Å²) >= 11 is 0. The minimum Gasteiger partial charge on any atom is -0.459 e. The van der Waals surface area contributed by atoms with Gasteiger partial charge in [0, 0.05) is 44.4 Å². The van der Waals surface area contributed by atoms with Gasteiger partial charge < -0.3 is 24.7 Å². The standard InChI is InChI=1S/C18H22N4O4/c23-16(5-7-20-18(24)15-4-2-10-26-15)21-13-14-3-1-6-19-17(14)22-8-11-25-12-9-22/h1-4,6,10H,5,7-9,11-13H2,(H,20,24)(H,21,23). The predicted octanol–water partition coefficient (Wildman–Crippen LogP) is 0.947. The summed E-state index contributed by atoms with van der Waals surface area (Å²) in [5.74, 6) is 0.643. The molecule has 8 nitrogen and oxygen atoms in total. The van der Waals surface area contributed by atoms with Gasteiger partial charge in [-0.1, -0.05) is 6.07 Å². The van der Waals surface area contributed by atoms with Crippen LogP contribution in [0.2, 0.25) is 0 Å². The van der Waals surface area contributed by atoms with E-state index in [2.05, 4.69) is 20.5 Å². The molecule has 0 saturated carbocycles. The minimum absolute atomic E-state index is 0.137. The monoisotopic (exact) mass is 358 g/mol. The van der Waals surface area contributed by atoms with Crippen LogP contribution in [0.15, 0.2) is 41.1 Å². The Hall–Kier alpha value is -2.87. The maximum Gasteiger partial charge on any atom is 0.286 e. The Morgan fingerprint density at radius 2 is 2.00 bits per heavy atom. The molecular formula is C18H22N4O4. The summed E-state index contributed by atoms with van der Waals surface area (Å²) in [7, 11) is 0. The van der Waals surface area contributed by atoms with Crippen LogP contribution in [0.3, 0.4) is 0 Å². The van der Waals surface area contributed by atoms with E-state index in [1.165, 1.54) is 6.26 Å². The van der Waals surface area contributed by atoms with Crippen molar-refractivity contribution in [1.82, 2.24) is 15.6 Å².